The smallest absolute Gasteiger partial charge is 0.303 e. The van der Waals surface area contributed by atoms with E-state index in [0.717, 1.165) is 12.8 Å². The van der Waals surface area contributed by atoms with Crippen molar-refractivity contribution in [2.45, 2.75) is 78.7 Å². The van der Waals surface area contributed by atoms with E-state index in [1.807, 2.05) is 4.90 Å². The first kappa shape index (κ1) is 24.9. The van der Waals surface area contributed by atoms with Crippen molar-refractivity contribution in [3.63, 3.8) is 0 Å². The van der Waals surface area contributed by atoms with Gasteiger partial charge in [0.15, 0.2) is 18.3 Å². The van der Waals surface area contributed by atoms with Gasteiger partial charge in [0.05, 0.1) is 6.04 Å². The first-order valence-corrected chi connectivity index (χ1v) is 9.94. The Morgan fingerprint density at radius 2 is 1.45 bits per heavy atom. The first-order chi connectivity index (χ1) is 13.5. The molecule has 0 radical (unpaired) electrons. The van der Waals surface area contributed by atoms with Gasteiger partial charge in [-0.05, 0) is 12.3 Å². The van der Waals surface area contributed by atoms with Gasteiger partial charge in [-0.2, -0.15) is 0 Å². The van der Waals surface area contributed by atoms with Crippen LogP contribution in [0.1, 0.15) is 54.4 Å². The van der Waals surface area contributed by atoms with Crippen LogP contribution in [0.15, 0.2) is 0 Å². The molecule has 0 aromatic heterocycles. The van der Waals surface area contributed by atoms with Crippen LogP contribution in [0.5, 0.6) is 0 Å². The number of esters is 4. The highest BCUT2D eigenvalue weighted by molar-refractivity contribution is 5.68. The lowest BCUT2D eigenvalue weighted by molar-refractivity contribution is -0.208. The van der Waals surface area contributed by atoms with Crippen molar-refractivity contribution in [2.24, 2.45) is 5.92 Å². The molecule has 9 heteroatoms. The Hall–Kier alpha value is -2.16. The molecule has 1 heterocycles. The zero-order chi connectivity index (χ0) is 22.1. The first-order valence-electron chi connectivity index (χ1n) is 9.94. The second-order valence-electron chi connectivity index (χ2n) is 7.51. The van der Waals surface area contributed by atoms with Gasteiger partial charge in [0.1, 0.15) is 6.61 Å². The molecule has 166 valence electrons. The molecule has 29 heavy (non-hydrogen) atoms. The van der Waals surface area contributed by atoms with Crippen molar-refractivity contribution in [2.75, 3.05) is 19.7 Å². The Labute approximate surface area is 172 Å². The summed E-state index contributed by atoms with van der Waals surface area (Å²) in [7, 11) is 0. The van der Waals surface area contributed by atoms with Crippen LogP contribution in [-0.2, 0) is 38.1 Å². The van der Waals surface area contributed by atoms with Crippen molar-refractivity contribution in [1.29, 1.82) is 0 Å². The van der Waals surface area contributed by atoms with E-state index in [2.05, 4.69) is 13.8 Å². The minimum absolute atomic E-state index is 0.0450. The lowest BCUT2D eigenvalue weighted by Crippen LogP contribution is -2.66. The van der Waals surface area contributed by atoms with E-state index in [1.54, 1.807) is 0 Å². The number of nitrogens with zero attached hydrogens (tertiary/aromatic N) is 1. The molecule has 1 saturated heterocycles. The van der Waals surface area contributed by atoms with Gasteiger partial charge >= 0.3 is 23.9 Å². The molecular weight excluding hydrogens is 382 g/mol. The number of carbonyl (C=O) groups is 4. The number of hydrogen-bond acceptors (Lipinski definition) is 9. The summed E-state index contributed by atoms with van der Waals surface area (Å²) >= 11 is 0. The zero-order valence-corrected chi connectivity index (χ0v) is 18.1. The van der Waals surface area contributed by atoms with Gasteiger partial charge in [-0.3, -0.25) is 24.1 Å². The molecule has 0 N–H and O–H groups in total. The minimum Gasteiger partial charge on any atom is -0.464 e. The maximum Gasteiger partial charge on any atom is 0.303 e. The molecule has 0 aromatic carbocycles. The van der Waals surface area contributed by atoms with E-state index in [-0.39, 0.29) is 13.2 Å². The highest BCUT2D eigenvalue weighted by Gasteiger charge is 2.49. The number of ether oxygens (including phenoxy) is 4. The third-order valence-electron chi connectivity index (χ3n) is 4.66. The molecule has 0 saturated carbocycles. The Morgan fingerprint density at radius 1 is 0.897 bits per heavy atom. The quantitative estimate of drug-likeness (QED) is 0.408. The molecule has 1 rings (SSSR count). The summed E-state index contributed by atoms with van der Waals surface area (Å²) in [5, 5.41) is 0. The molecule has 0 spiro atoms. The summed E-state index contributed by atoms with van der Waals surface area (Å²) in [4.78, 5) is 48.5. The van der Waals surface area contributed by atoms with Gasteiger partial charge in [-0.25, -0.2) is 0 Å². The number of piperidine rings is 1. The lowest BCUT2D eigenvalue weighted by Gasteiger charge is -2.47. The number of carbonyl (C=O) groups excluding carboxylic acids is 4. The van der Waals surface area contributed by atoms with Crippen molar-refractivity contribution in [1.82, 2.24) is 4.90 Å². The highest BCUT2D eigenvalue weighted by atomic mass is 16.6. The van der Waals surface area contributed by atoms with Crippen LogP contribution >= 0.6 is 0 Å². The van der Waals surface area contributed by atoms with E-state index in [1.165, 1.54) is 27.7 Å². The van der Waals surface area contributed by atoms with Gasteiger partial charge in [-0.15, -0.1) is 0 Å². The van der Waals surface area contributed by atoms with Gasteiger partial charge in [0.25, 0.3) is 0 Å². The summed E-state index contributed by atoms with van der Waals surface area (Å²) < 4.78 is 21.5. The van der Waals surface area contributed by atoms with Crippen molar-refractivity contribution < 1.29 is 38.1 Å². The standard InChI is InChI=1S/C20H33NO8/c1-7-8-12(2)9-21-10-18(27-14(4)23)20(29-16(6)25)19(28-15(5)24)17(21)11-26-13(3)22/h12,17-20H,7-11H2,1-6H3/t12?,17-,18+,19-,20-/m1/s1. The fourth-order valence-corrected chi connectivity index (χ4v) is 3.70. The maximum absolute atomic E-state index is 11.8. The van der Waals surface area contributed by atoms with Gasteiger partial charge in [-0.1, -0.05) is 20.3 Å². The van der Waals surface area contributed by atoms with Gasteiger partial charge < -0.3 is 18.9 Å². The van der Waals surface area contributed by atoms with E-state index in [9.17, 15) is 19.2 Å². The molecule has 0 bridgehead atoms. The normalized spacial score (nSPS) is 25.6. The van der Waals surface area contributed by atoms with Crippen LogP contribution < -0.4 is 0 Å². The van der Waals surface area contributed by atoms with Crippen molar-refractivity contribution in [3.05, 3.63) is 0 Å². The summed E-state index contributed by atoms with van der Waals surface area (Å²) in [6, 6.07) is -0.543. The van der Waals surface area contributed by atoms with Crippen LogP contribution in [-0.4, -0.2) is 72.8 Å². The average molecular weight is 415 g/mol. The topological polar surface area (TPSA) is 108 Å². The van der Waals surface area contributed by atoms with E-state index >= 15 is 0 Å². The molecule has 9 nitrogen and oxygen atoms in total. The summed E-state index contributed by atoms with van der Waals surface area (Å²) in [6.07, 6.45) is -0.800. The van der Waals surface area contributed by atoms with Crippen molar-refractivity contribution in [3.8, 4) is 0 Å². The third-order valence-corrected chi connectivity index (χ3v) is 4.66. The van der Waals surface area contributed by atoms with E-state index in [0.29, 0.717) is 12.5 Å². The Kier molecular flexibility index (Phi) is 10.1. The summed E-state index contributed by atoms with van der Waals surface area (Å²) in [5.41, 5.74) is 0. The molecule has 5 atom stereocenters. The second-order valence-corrected chi connectivity index (χ2v) is 7.51. The third kappa shape index (κ3) is 8.39. The summed E-state index contributed by atoms with van der Waals surface area (Å²) in [6.45, 7) is 10.0. The van der Waals surface area contributed by atoms with E-state index in [4.69, 9.17) is 18.9 Å². The molecule has 0 amide bonds. The molecule has 1 aliphatic heterocycles. The SMILES string of the molecule is CCCC(C)CN1C[C@H](OC(C)=O)[C@@H](OC(C)=O)[C@H](OC(C)=O)[C@H]1COC(C)=O. The fourth-order valence-electron chi connectivity index (χ4n) is 3.70. The zero-order valence-electron chi connectivity index (χ0n) is 18.1. The lowest BCUT2D eigenvalue weighted by atomic mass is 9.91. The Morgan fingerprint density at radius 3 is 1.93 bits per heavy atom. The largest absolute Gasteiger partial charge is 0.464 e. The predicted molar refractivity (Wildman–Crippen MR) is 103 cm³/mol. The van der Waals surface area contributed by atoms with E-state index < -0.39 is 48.2 Å². The fraction of sp³-hybridized carbons (Fsp3) is 0.800. The van der Waals surface area contributed by atoms with Crippen LogP contribution in [0.4, 0.5) is 0 Å². The van der Waals surface area contributed by atoms with Crippen LogP contribution in [0.2, 0.25) is 0 Å². The molecule has 1 aliphatic rings. The average Bonchev–Trinajstić information content (AvgIpc) is 2.56. The molecular formula is C20H33NO8. The van der Waals surface area contributed by atoms with Crippen LogP contribution in [0.3, 0.4) is 0 Å². The number of rotatable bonds is 9. The highest BCUT2D eigenvalue weighted by Crippen LogP contribution is 2.28. The Bertz CT molecular complexity index is 593. The second kappa shape index (κ2) is 11.7. The van der Waals surface area contributed by atoms with Crippen LogP contribution in [0, 0.1) is 5.92 Å². The van der Waals surface area contributed by atoms with Crippen LogP contribution in [0.25, 0.3) is 0 Å². The Balaban J connectivity index is 3.29. The maximum atomic E-state index is 11.8. The molecule has 0 aliphatic carbocycles. The van der Waals surface area contributed by atoms with Gasteiger partial charge in [0, 0.05) is 40.8 Å². The number of hydrogen-bond donors (Lipinski definition) is 0. The minimum atomic E-state index is -1.00. The van der Waals surface area contributed by atoms with Gasteiger partial charge in [0.2, 0.25) is 0 Å². The molecule has 0 aromatic rings. The molecule has 1 unspecified atom stereocenters. The summed E-state index contributed by atoms with van der Waals surface area (Å²) in [5.74, 6) is -1.87. The predicted octanol–water partition coefficient (Wildman–Crippen LogP) is 1.46. The molecule has 1 fully saturated rings. The number of likely N-dealkylation sites (tertiary alicyclic amines) is 1. The van der Waals surface area contributed by atoms with Crippen molar-refractivity contribution >= 4 is 23.9 Å². The monoisotopic (exact) mass is 415 g/mol.